The number of carbonyl (C=O) groups is 2. The molecule has 2 saturated heterocycles. The molecule has 1 atom stereocenters. The summed E-state index contributed by atoms with van der Waals surface area (Å²) in [6.45, 7) is 2.69. The van der Waals surface area contributed by atoms with Crippen molar-refractivity contribution in [1.82, 2.24) is 29.5 Å². The maximum atomic E-state index is 12.4. The van der Waals surface area contributed by atoms with Crippen molar-refractivity contribution in [2.45, 2.75) is 18.9 Å². The van der Waals surface area contributed by atoms with Gasteiger partial charge in [-0.1, -0.05) is 0 Å². The van der Waals surface area contributed by atoms with Crippen LogP contribution in [0, 0.1) is 0 Å². The number of piperazine rings is 1. The second-order valence-corrected chi connectivity index (χ2v) is 6.49. The van der Waals surface area contributed by atoms with Gasteiger partial charge in [-0.05, 0) is 25.0 Å². The van der Waals surface area contributed by atoms with Crippen LogP contribution in [-0.2, 0) is 9.53 Å². The standard InChI is InChI=1S/C17H21N7O3/c25-16(14-2-1-9-27-14)22-5-7-23(8-6-22)17(26)21-13-3-4-15(19-10-13)24-12-18-11-20-24/h3-4,10-12,14H,1-2,5-9H2,(H,21,26)/t14-/m1/s1. The molecule has 2 aromatic heterocycles. The van der Waals surface area contributed by atoms with Crippen LogP contribution >= 0.6 is 0 Å². The van der Waals surface area contributed by atoms with Gasteiger partial charge < -0.3 is 19.9 Å². The van der Waals surface area contributed by atoms with Gasteiger partial charge in [0.25, 0.3) is 5.91 Å². The first-order valence-electron chi connectivity index (χ1n) is 8.98. The number of ether oxygens (including phenoxy) is 1. The Bertz CT molecular complexity index is 779. The van der Waals surface area contributed by atoms with Crippen molar-refractivity contribution in [2.24, 2.45) is 0 Å². The topological polar surface area (TPSA) is 105 Å². The number of rotatable bonds is 3. The molecular formula is C17H21N7O3. The van der Waals surface area contributed by atoms with Crippen LogP contribution in [0.25, 0.3) is 5.82 Å². The first-order valence-corrected chi connectivity index (χ1v) is 8.98. The molecule has 4 heterocycles. The van der Waals surface area contributed by atoms with Gasteiger partial charge in [-0.3, -0.25) is 4.79 Å². The summed E-state index contributed by atoms with van der Waals surface area (Å²) in [5, 5.41) is 6.84. The quantitative estimate of drug-likeness (QED) is 0.843. The fraction of sp³-hybridized carbons (Fsp3) is 0.471. The minimum absolute atomic E-state index is 0.0421. The monoisotopic (exact) mass is 371 g/mol. The van der Waals surface area contributed by atoms with Crippen LogP contribution in [-0.4, -0.2) is 80.4 Å². The van der Waals surface area contributed by atoms with E-state index in [0.717, 1.165) is 12.8 Å². The third-order valence-electron chi connectivity index (χ3n) is 4.74. The first-order chi connectivity index (χ1) is 13.2. The molecule has 2 aromatic rings. The van der Waals surface area contributed by atoms with E-state index in [-0.39, 0.29) is 18.0 Å². The maximum absolute atomic E-state index is 12.4. The SMILES string of the molecule is O=C(Nc1ccc(-n2cncn2)nc1)N1CCN(C(=O)[C@H]2CCCO2)CC1. The van der Waals surface area contributed by atoms with Crippen molar-refractivity contribution in [3.63, 3.8) is 0 Å². The van der Waals surface area contributed by atoms with Gasteiger partial charge >= 0.3 is 6.03 Å². The summed E-state index contributed by atoms with van der Waals surface area (Å²) in [5.41, 5.74) is 0.599. The fourth-order valence-electron chi connectivity index (χ4n) is 3.23. The zero-order valence-corrected chi connectivity index (χ0v) is 14.8. The van der Waals surface area contributed by atoms with Crippen molar-refractivity contribution in [2.75, 3.05) is 38.1 Å². The fourth-order valence-corrected chi connectivity index (χ4v) is 3.23. The third kappa shape index (κ3) is 3.90. The van der Waals surface area contributed by atoms with Crippen molar-refractivity contribution in [3.05, 3.63) is 31.0 Å². The lowest BCUT2D eigenvalue weighted by Crippen LogP contribution is -2.53. The molecule has 0 bridgehead atoms. The predicted molar refractivity (Wildman–Crippen MR) is 95.3 cm³/mol. The molecule has 0 unspecified atom stereocenters. The van der Waals surface area contributed by atoms with E-state index in [1.54, 1.807) is 34.5 Å². The lowest BCUT2D eigenvalue weighted by atomic mass is 10.2. The highest BCUT2D eigenvalue weighted by Crippen LogP contribution is 2.16. The van der Waals surface area contributed by atoms with Crippen LogP contribution in [0.15, 0.2) is 31.0 Å². The average Bonchev–Trinajstić information content (AvgIpc) is 3.42. The van der Waals surface area contributed by atoms with Gasteiger partial charge in [0.15, 0.2) is 5.82 Å². The normalized spacial score (nSPS) is 19.9. The summed E-state index contributed by atoms with van der Waals surface area (Å²) >= 11 is 0. The zero-order valence-electron chi connectivity index (χ0n) is 14.8. The van der Waals surface area contributed by atoms with E-state index in [1.807, 2.05) is 0 Å². The van der Waals surface area contributed by atoms with E-state index < -0.39 is 0 Å². The van der Waals surface area contributed by atoms with Gasteiger partial charge in [0.2, 0.25) is 0 Å². The van der Waals surface area contributed by atoms with Crippen LogP contribution in [0.2, 0.25) is 0 Å². The van der Waals surface area contributed by atoms with Crippen LogP contribution < -0.4 is 5.32 Å². The number of urea groups is 1. The van der Waals surface area contributed by atoms with Gasteiger partial charge in [0, 0.05) is 32.8 Å². The second-order valence-electron chi connectivity index (χ2n) is 6.49. The molecule has 2 aliphatic heterocycles. The Morgan fingerprint density at radius 3 is 2.59 bits per heavy atom. The molecule has 2 aliphatic rings. The summed E-state index contributed by atoms with van der Waals surface area (Å²) in [7, 11) is 0. The number of carbonyl (C=O) groups excluding carboxylic acids is 2. The molecule has 10 nitrogen and oxygen atoms in total. The summed E-state index contributed by atoms with van der Waals surface area (Å²) in [4.78, 5) is 36.4. The van der Waals surface area contributed by atoms with Gasteiger partial charge in [0.05, 0.1) is 11.9 Å². The summed E-state index contributed by atoms with van der Waals surface area (Å²) in [6, 6.07) is 3.32. The molecule has 0 saturated carbocycles. The highest BCUT2D eigenvalue weighted by Gasteiger charge is 2.31. The van der Waals surface area contributed by atoms with Crippen LogP contribution in [0.1, 0.15) is 12.8 Å². The second kappa shape index (κ2) is 7.70. The number of anilines is 1. The van der Waals surface area contributed by atoms with Gasteiger partial charge in [0.1, 0.15) is 18.8 Å². The molecule has 0 aromatic carbocycles. The van der Waals surface area contributed by atoms with E-state index in [9.17, 15) is 9.59 Å². The minimum atomic E-state index is -0.306. The molecule has 4 rings (SSSR count). The Kier molecular flexibility index (Phi) is 4.97. The Morgan fingerprint density at radius 2 is 1.96 bits per heavy atom. The summed E-state index contributed by atoms with van der Waals surface area (Å²) in [6.07, 6.45) is 5.98. The minimum Gasteiger partial charge on any atom is -0.368 e. The van der Waals surface area contributed by atoms with E-state index >= 15 is 0 Å². The molecule has 2 fully saturated rings. The number of pyridine rings is 1. The Hall–Kier alpha value is -3.01. The van der Waals surface area contributed by atoms with Crippen LogP contribution in [0.5, 0.6) is 0 Å². The predicted octanol–water partition coefficient (Wildman–Crippen LogP) is 0.517. The Labute approximate surface area is 156 Å². The molecule has 142 valence electrons. The zero-order chi connectivity index (χ0) is 18.6. The molecule has 10 heteroatoms. The summed E-state index contributed by atoms with van der Waals surface area (Å²) in [5.74, 6) is 0.659. The van der Waals surface area contributed by atoms with Gasteiger partial charge in [-0.25, -0.2) is 19.4 Å². The van der Waals surface area contributed by atoms with Crippen LogP contribution in [0.3, 0.4) is 0 Å². The van der Waals surface area contributed by atoms with Crippen molar-refractivity contribution < 1.29 is 14.3 Å². The van der Waals surface area contributed by atoms with E-state index in [2.05, 4.69) is 20.4 Å². The van der Waals surface area contributed by atoms with Crippen molar-refractivity contribution in [3.8, 4) is 5.82 Å². The molecule has 0 aliphatic carbocycles. The van der Waals surface area contributed by atoms with Crippen LogP contribution in [0.4, 0.5) is 10.5 Å². The number of aromatic nitrogens is 4. The smallest absolute Gasteiger partial charge is 0.322 e. The molecule has 1 N–H and O–H groups in total. The molecule has 3 amide bonds. The Balaban J connectivity index is 1.28. The lowest BCUT2D eigenvalue weighted by molar-refractivity contribution is -0.142. The van der Waals surface area contributed by atoms with E-state index in [0.29, 0.717) is 44.3 Å². The van der Waals surface area contributed by atoms with E-state index in [1.165, 1.54) is 11.0 Å². The average molecular weight is 371 g/mol. The third-order valence-corrected chi connectivity index (χ3v) is 4.74. The summed E-state index contributed by atoms with van der Waals surface area (Å²) < 4.78 is 6.99. The van der Waals surface area contributed by atoms with E-state index in [4.69, 9.17) is 4.74 Å². The lowest BCUT2D eigenvalue weighted by Gasteiger charge is -2.35. The number of nitrogens with one attached hydrogen (secondary N) is 1. The van der Waals surface area contributed by atoms with Crippen molar-refractivity contribution >= 4 is 17.6 Å². The first kappa shape index (κ1) is 17.4. The maximum Gasteiger partial charge on any atom is 0.322 e. The molecule has 0 radical (unpaired) electrons. The molecular weight excluding hydrogens is 350 g/mol. The molecule has 0 spiro atoms. The number of amides is 3. The highest BCUT2D eigenvalue weighted by atomic mass is 16.5. The largest absolute Gasteiger partial charge is 0.368 e. The highest BCUT2D eigenvalue weighted by molar-refractivity contribution is 5.89. The molecule has 27 heavy (non-hydrogen) atoms. The number of hydrogen-bond acceptors (Lipinski definition) is 6. The Morgan fingerprint density at radius 1 is 1.15 bits per heavy atom. The van der Waals surface area contributed by atoms with Gasteiger partial charge in [-0.15, -0.1) is 0 Å². The number of hydrogen-bond donors (Lipinski definition) is 1. The van der Waals surface area contributed by atoms with Crippen molar-refractivity contribution in [1.29, 1.82) is 0 Å². The number of nitrogens with zero attached hydrogens (tertiary/aromatic N) is 6. The van der Waals surface area contributed by atoms with Gasteiger partial charge in [-0.2, -0.15) is 5.10 Å².